The van der Waals surface area contributed by atoms with Gasteiger partial charge >= 0.3 is 0 Å². The summed E-state index contributed by atoms with van der Waals surface area (Å²) in [6, 6.07) is 21.2. The number of hydrogen-bond acceptors (Lipinski definition) is 6. The molecule has 0 amide bonds. The van der Waals surface area contributed by atoms with Gasteiger partial charge in [-0.05, 0) is 34.4 Å². The molecule has 0 N–H and O–H groups in total. The zero-order valence-corrected chi connectivity index (χ0v) is 19.0. The quantitative estimate of drug-likeness (QED) is 0.532. The molecule has 33 heavy (non-hydrogen) atoms. The Morgan fingerprint density at radius 2 is 1.73 bits per heavy atom. The van der Waals surface area contributed by atoms with Gasteiger partial charge in [-0.1, -0.05) is 72.8 Å². The first-order valence-electron chi connectivity index (χ1n) is 12.0. The van der Waals surface area contributed by atoms with Crippen LogP contribution in [0, 0.1) is 0 Å². The maximum Gasteiger partial charge on any atom is 0.173 e. The summed E-state index contributed by atoms with van der Waals surface area (Å²) in [5.74, 6) is 0.911. The number of benzene rings is 2. The second kappa shape index (κ2) is 10.8. The van der Waals surface area contributed by atoms with Crippen LogP contribution in [0.15, 0.2) is 66.7 Å². The third kappa shape index (κ3) is 5.55. The van der Waals surface area contributed by atoms with Crippen LogP contribution >= 0.6 is 0 Å². The molecule has 2 aliphatic rings. The van der Waals surface area contributed by atoms with Gasteiger partial charge in [0.05, 0.1) is 18.7 Å². The predicted molar refractivity (Wildman–Crippen MR) is 129 cm³/mol. The van der Waals surface area contributed by atoms with E-state index in [0.717, 1.165) is 64.5 Å². The van der Waals surface area contributed by atoms with Crippen molar-refractivity contribution in [3.05, 3.63) is 83.7 Å². The van der Waals surface area contributed by atoms with Gasteiger partial charge in [0.25, 0.3) is 0 Å². The smallest absolute Gasteiger partial charge is 0.173 e. The zero-order chi connectivity index (χ0) is 22.3. The number of nitrogens with zero attached hydrogens (tertiary/aromatic N) is 6. The van der Waals surface area contributed by atoms with Crippen LogP contribution in [-0.4, -0.2) is 75.4 Å². The molecule has 1 aromatic heterocycles. The Morgan fingerprint density at radius 3 is 2.45 bits per heavy atom. The Morgan fingerprint density at radius 1 is 0.970 bits per heavy atom. The second-order valence-electron chi connectivity index (χ2n) is 8.82. The van der Waals surface area contributed by atoms with Crippen molar-refractivity contribution in [2.24, 2.45) is 0 Å². The van der Waals surface area contributed by atoms with Gasteiger partial charge in [-0.25, -0.2) is 4.68 Å². The van der Waals surface area contributed by atoms with E-state index in [1.165, 1.54) is 11.1 Å². The summed E-state index contributed by atoms with van der Waals surface area (Å²) in [5, 5.41) is 12.9. The minimum atomic E-state index is 0.0459. The van der Waals surface area contributed by atoms with Crippen LogP contribution in [0.5, 0.6) is 0 Å². The van der Waals surface area contributed by atoms with E-state index < -0.39 is 0 Å². The monoisotopic (exact) mass is 444 g/mol. The molecular formula is C26H32N6O. The molecule has 3 aromatic rings. The Labute approximate surface area is 195 Å². The SMILES string of the molecule is C(=C\c1ccccc1)/CN1CCN([C@H](c2ccccc2)c2nnnn2CC2CCCO2)CC1. The molecule has 1 unspecified atom stereocenters. The Bertz CT molecular complexity index is 1010. The topological polar surface area (TPSA) is 59.3 Å². The lowest BCUT2D eigenvalue weighted by molar-refractivity contribution is 0.0868. The van der Waals surface area contributed by atoms with E-state index in [1.807, 2.05) is 4.68 Å². The van der Waals surface area contributed by atoms with Crippen molar-refractivity contribution >= 4 is 6.08 Å². The molecule has 2 aliphatic heterocycles. The molecule has 0 bridgehead atoms. The summed E-state index contributed by atoms with van der Waals surface area (Å²) in [6.45, 7) is 6.53. The number of rotatable bonds is 8. The van der Waals surface area contributed by atoms with E-state index in [4.69, 9.17) is 4.74 Å². The first-order valence-corrected chi connectivity index (χ1v) is 12.0. The normalized spacial score (nSPS) is 21.0. The lowest BCUT2D eigenvalue weighted by Crippen LogP contribution is -2.48. The van der Waals surface area contributed by atoms with Gasteiger partial charge < -0.3 is 4.74 Å². The summed E-state index contributed by atoms with van der Waals surface area (Å²) in [6.07, 6.45) is 6.87. The third-order valence-corrected chi connectivity index (χ3v) is 6.57. The first kappa shape index (κ1) is 21.9. The fourth-order valence-electron chi connectivity index (χ4n) is 4.78. The molecule has 0 aliphatic carbocycles. The number of tetrazole rings is 1. The molecule has 2 saturated heterocycles. The van der Waals surface area contributed by atoms with Gasteiger partial charge in [0.1, 0.15) is 0 Å². The van der Waals surface area contributed by atoms with Gasteiger partial charge in [0, 0.05) is 39.3 Å². The Balaban J connectivity index is 1.27. The summed E-state index contributed by atoms with van der Waals surface area (Å²) in [5.41, 5.74) is 2.48. The Kier molecular flexibility index (Phi) is 7.20. The van der Waals surface area contributed by atoms with Crippen molar-refractivity contribution in [2.45, 2.75) is 31.5 Å². The highest BCUT2D eigenvalue weighted by Crippen LogP contribution is 2.28. The molecule has 0 spiro atoms. The number of aromatic nitrogens is 4. The number of hydrogen-bond donors (Lipinski definition) is 0. The first-order chi connectivity index (χ1) is 16.4. The van der Waals surface area contributed by atoms with Crippen LogP contribution < -0.4 is 0 Å². The van der Waals surface area contributed by atoms with Crippen LogP contribution in [0.2, 0.25) is 0 Å². The third-order valence-electron chi connectivity index (χ3n) is 6.57. The van der Waals surface area contributed by atoms with E-state index in [2.05, 4.69) is 98.1 Å². The molecule has 2 fully saturated rings. The van der Waals surface area contributed by atoms with Crippen LogP contribution in [0.3, 0.4) is 0 Å². The van der Waals surface area contributed by atoms with Crippen molar-refractivity contribution < 1.29 is 4.74 Å². The molecule has 7 nitrogen and oxygen atoms in total. The van der Waals surface area contributed by atoms with E-state index in [-0.39, 0.29) is 12.1 Å². The molecule has 2 atom stereocenters. The minimum Gasteiger partial charge on any atom is -0.376 e. The summed E-state index contributed by atoms with van der Waals surface area (Å²) < 4.78 is 7.81. The molecule has 0 radical (unpaired) electrons. The van der Waals surface area contributed by atoms with Crippen molar-refractivity contribution in [3.8, 4) is 0 Å². The fourth-order valence-corrected chi connectivity index (χ4v) is 4.78. The van der Waals surface area contributed by atoms with Gasteiger partial charge in [0.2, 0.25) is 0 Å². The van der Waals surface area contributed by atoms with Crippen molar-refractivity contribution in [1.29, 1.82) is 0 Å². The van der Waals surface area contributed by atoms with Crippen molar-refractivity contribution in [3.63, 3.8) is 0 Å². The fraction of sp³-hybridized carbons (Fsp3) is 0.423. The van der Waals surface area contributed by atoms with Gasteiger partial charge in [-0.15, -0.1) is 5.10 Å². The molecule has 2 aromatic carbocycles. The van der Waals surface area contributed by atoms with E-state index in [9.17, 15) is 0 Å². The van der Waals surface area contributed by atoms with Crippen LogP contribution in [-0.2, 0) is 11.3 Å². The summed E-state index contributed by atoms with van der Waals surface area (Å²) in [4.78, 5) is 5.03. The maximum atomic E-state index is 5.85. The predicted octanol–water partition coefficient (Wildman–Crippen LogP) is 3.27. The van der Waals surface area contributed by atoms with Gasteiger partial charge in [-0.3, -0.25) is 9.80 Å². The van der Waals surface area contributed by atoms with Crippen LogP contribution in [0.1, 0.15) is 35.8 Å². The van der Waals surface area contributed by atoms with Crippen molar-refractivity contribution in [1.82, 2.24) is 30.0 Å². The highest BCUT2D eigenvalue weighted by atomic mass is 16.5. The van der Waals surface area contributed by atoms with Crippen LogP contribution in [0.4, 0.5) is 0 Å². The second-order valence-corrected chi connectivity index (χ2v) is 8.82. The highest BCUT2D eigenvalue weighted by molar-refractivity contribution is 5.48. The standard InChI is InChI=1S/C26H32N6O/c1-3-9-22(10-4-1)11-7-15-30-16-18-31(19-17-30)25(23-12-5-2-6-13-23)26-27-28-29-32(26)21-24-14-8-20-33-24/h1-7,9-13,24-25H,8,14-21H2/b11-7+/t24?,25-/m1/s1. The molecule has 3 heterocycles. The highest BCUT2D eigenvalue weighted by Gasteiger charge is 2.31. The molecular weight excluding hydrogens is 412 g/mol. The lowest BCUT2D eigenvalue weighted by atomic mass is 10.0. The molecule has 172 valence electrons. The molecule has 7 heteroatoms. The van der Waals surface area contributed by atoms with Crippen LogP contribution in [0.25, 0.3) is 6.08 Å². The zero-order valence-electron chi connectivity index (χ0n) is 19.0. The molecule has 5 rings (SSSR count). The van der Waals surface area contributed by atoms with Crippen molar-refractivity contribution in [2.75, 3.05) is 39.3 Å². The molecule has 0 saturated carbocycles. The van der Waals surface area contributed by atoms with E-state index >= 15 is 0 Å². The minimum absolute atomic E-state index is 0.0459. The number of piperazine rings is 1. The Hall–Kier alpha value is -2.87. The largest absolute Gasteiger partial charge is 0.376 e. The summed E-state index contributed by atoms with van der Waals surface area (Å²) in [7, 11) is 0. The van der Waals surface area contributed by atoms with Gasteiger partial charge in [-0.2, -0.15) is 0 Å². The average Bonchev–Trinajstić information content (AvgIpc) is 3.55. The number of ether oxygens (including phenoxy) is 1. The average molecular weight is 445 g/mol. The lowest BCUT2D eigenvalue weighted by Gasteiger charge is -2.38. The van der Waals surface area contributed by atoms with Gasteiger partial charge in [0.15, 0.2) is 5.82 Å². The summed E-state index contributed by atoms with van der Waals surface area (Å²) >= 11 is 0. The maximum absolute atomic E-state index is 5.85. The van der Waals surface area contributed by atoms with E-state index in [0.29, 0.717) is 0 Å². The van der Waals surface area contributed by atoms with E-state index in [1.54, 1.807) is 0 Å².